The van der Waals surface area contributed by atoms with E-state index >= 15 is 0 Å². The fourth-order valence-electron chi connectivity index (χ4n) is 3.19. The number of alkyl halides is 1. The van der Waals surface area contributed by atoms with Crippen LogP contribution in [0.1, 0.15) is 30.1 Å². The van der Waals surface area contributed by atoms with Gasteiger partial charge in [0.15, 0.2) is 5.82 Å². The zero-order valence-electron chi connectivity index (χ0n) is 14.5. The van der Waals surface area contributed by atoms with Crippen LogP contribution < -0.4 is 0 Å². The molecule has 7 nitrogen and oxygen atoms in total. The summed E-state index contributed by atoms with van der Waals surface area (Å²) in [6.45, 7) is 2.97. The molecule has 2 atom stereocenters. The van der Waals surface area contributed by atoms with Crippen LogP contribution >= 0.6 is 0 Å². The lowest BCUT2D eigenvalue weighted by Gasteiger charge is -2.27. The summed E-state index contributed by atoms with van der Waals surface area (Å²) in [5, 5.41) is 3.87. The Labute approximate surface area is 145 Å². The van der Waals surface area contributed by atoms with Gasteiger partial charge in [-0.3, -0.25) is 9.69 Å². The van der Waals surface area contributed by atoms with Crippen molar-refractivity contribution in [2.24, 2.45) is 0 Å². The molecule has 136 valence electrons. The van der Waals surface area contributed by atoms with Crippen molar-refractivity contribution in [2.75, 3.05) is 20.1 Å². The molecule has 2 aromatic rings. The Balaban J connectivity index is 1.52. The number of amides is 1. The third kappa shape index (κ3) is 4.66. The minimum atomic E-state index is -0.896. The molecule has 1 saturated heterocycles. The highest BCUT2D eigenvalue weighted by molar-refractivity contribution is 5.76. The molecule has 25 heavy (non-hydrogen) atoms. The van der Waals surface area contributed by atoms with Crippen LogP contribution in [0, 0.1) is 6.92 Å². The highest BCUT2D eigenvalue weighted by atomic mass is 19.1. The average molecular weight is 350 g/mol. The van der Waals surface area contributed by atoms with Crippen molar-refractivity contribution in [2.45, 2.75) is 44.9 Å². The molecule has 0 unspecified atom stereocenters. The largest absolute Gasteiger partial charge is 0.472 e. The van der Waals surface area contributed by atoms with E-state index in [1.165, 1.54) is 0 Å². The van der Waals surface area contributed by atoms with Gasteiger partial charge in [-0.25, -0.2) is 4.39 Å². The minimum Gasteiger partial charge on any atom is -0.472 e. The maximum Gasteiger partial charge on any atom is 0.223 e. The molecular formula is C17H23FN4O3. The Kier molecular flexibility index (Phi) is 5.47. The van der Waals surface area contributed by atoms with E-state index in [9.17, 15) is 9.18 Å². The molecule has 8 heteroatoms. The summed E-state index contributed by atoms with van der Waals surface area (Å²) in [5.74, 6) is 1.08. The van der Waals surface area contributed by atoms with Gasteiger partial charge in [0.1, 0.15) is 6.17 Å². The minimum absolute atomic E-state index is 0.0406. The highest BCUT2D eigenvalue weighted by Gasteiger charge is 2.34. The van der Waals surface area contributed by atoms with Crippen molar-refractivity contribution >= 4 is 5.91 Å². The Bertz CT molecular complexity index is 688. The lowest BCUT2D eigenvalue weighted by molar-refractivity contribution is -0.130. The second-order valence-electron chi connectivity index (χ2n) is 6.55. The van der Waals surface area contributed by atoms with E-state index in [2.05, 4.69) is 10.1 Å². The first kappa shape index (κ1) is 17.6. The fourth-order valence-corrected chi connectivity index (χ4v) is 3.19. The molecule has 1 aliphatic heterocycles. The third-order valence-electron chi connectivity index (χ3n) is 4.51. The quantitative estimate of drug-likeness (QED) is 0.760. The first-order valence-corrected chi connectivity index (χ1v) is 8.43. The zero-order valence-corrected chi connectivity index (χ0v) is 14.5. The fraction of sp³-hybridized carbons (Fsp3) is 0.588. The van der Waals surface area contributed by atoms with Crippen molar-refractivity contribution in [1.82, 2.24) is 19.9 Å². The van der Waals surface area contributed by atoms with Gasteiger partial charge in [0, 0.05) is 39.5 Å². The second-order valence-corrected chi connectivity index (χ2v) is 6.55. The van der Waals surface area contributed by atoms with E-state index in [4.69, 9.17) is 8.94 Å². The van der Waals surface area contributed by atoms with E-state index in [1.54, 1.807) is 31.4 Å². The molecule has 0 N–H and O–H groups in total. The molecule has 1 fully saturated rings. The van der Waals surface area contributed by atoms with E-state index in [-0.39, 0.29) is 11.9 Å². The number of likely N-dealkylation sites (N-methyl/N-ethyl adjacent to an activating group) is 1. The number of likely N-dealkylation sites (tertiary alicyclic amines) is 1. The monoisotopic (exact) mass is 350 g/mol. The Morgan fingerprint density at radius 3 is 3.04 bits per heavy atom. The van der Waals surface area contributed by atoms with E-state index in [0.29, 0.717) is 50.6 Å². The van der Waals surface area contributed by atoms with E-state index in [0.717, 1.165) is 5.56 Å². The number of aryl methyl sites for hydroxylation is 2. The summed E-state index contributed by atoms with van der Waals surface area (Å²) < 4.78 is 23.9. The maximum absolute atomic E-state index is 13.9. The molecule has 1 amide bonds. The summed E-state index contributed by atoms with van der Waals surface area (Å²) in [4.78, 5) is 20.2. The summed E-state index contributed by atoms with van der Waals surface area (Å²) in [7, 11) is 1.76. The molecule has 0 aromatic carbocycles. The molecule has 1 aliphatic rings. The van der Waals surface area contributed by atoms with Crippen LogP contribution in [0.4, 0.5) is 4.39 Å². The standard InChI is InChI=1S/C17H23FN4O3/c1-12-19-16(20-25-12)10-22-8-14(18)7-15(22)9-21(2)17(23)4-3-13-5-6-24-11-13/h5-6,11,14-15H,3-4,7-10H2,1-2H3/t14-,15-/m0/s1. The van der Waals surface area contributed by atoms with Gasteiger partial charge in [-0.05, 0) is 24.5 Å². The van der Waals surface area contributed by atoms with Crippen molar-refractivity contribution in [3.05, 3.63) is 35.9 Å². The van der Waals surface area contributed by atoms with Crippen LogP contribution in [0.5, 0.6) is 0 Å². The lowest BCUT2D eigenvalue weighted by Crippen LogP contribution is -2.41. The molecule has 0 aliphatic carbocycles. The average Bonchev–Trinajstić information content (AvgIpc) is 3.29. The smallest absolute Gasteiger partial charge is 0.223 e. The summed E-state index contributed by atoms with van der Waals surface area (Å²) >= 11 is 0. The zero-order chi connectivity index (χ0) is 17.8. The molecule has 2 aromatic heterocycles. The van der Waals surface area contributed by atoms with E-state index in [1.807, 2.05) is 11.0 Å². The van der Waals surface area contributed by atoms with Gasteiger partial charge in [0.25, 0.3) is 0 Å². The number of carbonyl (C=O) groups is 1. The van der Waals surface area contributed by atoms with Gasteiger partial charge >= 0.3 is 0 Å². The summed E-state index contributed by atoms with van der Waals surface area (Å²) in [6, 6.07) is 1.81. The number of furan rings is 1. The van der Waals surface area contributed by atoms with Gasteiger partial charge in [0.05, 0.1) is 19.1 Å². The molecule has 3 rings (SSSR count). The Morgan fingerprint density at radius 1 is 1.52 bits per heavy atom. The second kappa shape index (κ2) is 7.77. The van der Waals surface area contributed by atoms with Gasteiger partial charge < -0.3 is 13.8 Å². The number of halogens is 1. The molecule has 3 heterocycles. The number of nitrogens with zero attached hydrogens (tertiary/aromatic N) is 4. The SMILES string of the molecule is Cc1nc(CN2C[C@@H](F)C[C@H]2CN(C)C(=O)CCc2ccoc2)no1. The number of hydrogen-bond acceptors (Lipinski definition) is 6. The van der Waals surface area contributed by atoms with Crippen LogP contribution in [0.25, 0.3) is 0 Å². The number of hydrogen-bond donors (Lipinski definition) is 0. The summed E-state index contributed by atoms with van der Waals surface area (Å²) in [6.07, 6.45) is 3.81. The summed E-state index contributed by atoms with van der Waals surface area (Å²) in [5.41, 5.74) is 1.00. The van der Waals surface area contributed by atoms with Crippen LogP contribution in [-0.2, 0) is 17.8 Å². The predicted octanol–water partition coefficient (Wildman–Crippen LogP) is 1.97. The molecular weight excluding hydrogens is 327 g/mol. The van der Waals surface area contributed by atoms with Crippen LogP contribution in [0.2, 0.25) is 0 Å². The Hall–Kier alpha value is -2.22. The number of rotatable bonds is 7. The molecule has 0 bridgehead atoms. The number of carbonyl (C=O) groups excluding carboxylic acids is 1. The first-order chi connectivity index (χ1) is 12.0. The normalized spacial score (nSPS) is 20.9. The lowest BCUT2D eigenvalue weighted by atomic mass is 10.1. The van der Waals surface area contributed by atoms with Gasteiger partial charge in [-0.2, -0.15) is 4.98 Å². The Morgan fingerprint density at radius 2 is 2.36 bits per heavy atom. The predicted molar refractivity (Wildman–Crippen MR) is 87.4 cm³/mol. The molecule has 0 spiro atoms. The van der Waals surface area contributed by atoms with Crippen molar-refractivity contribution in [3.63, 3.8) is 0 Å². The van der Waals surface area contributed by atoms with Gasteiger partial charge in [-0.15, -0.1) is 0 Å². The molecule has 0 radical (unpaired) electrons. The third-order valence-corrected chi connectivity index (χ3v) is 4.51. The van der Waals surface area contributed by atoms with Crippen molar-refractivity contribution in [1.29, 1.82) is 0 Å². The first-order valence-electron chi connectivity index (χ1n) is 8.43. The van der Waals surface area contributed by atoms with Crippen molar-refractivity contribution < 1.29 is 18.1 Å². The van der Waals surface area contributed by atoms with Crippen molar-refractivity contribution in [3.8, 4) is 0 Å². The van der Waals surface area contributed by atoms with Gasteiger partial charge in [-0.1, -0.05) is 5.16 Å². The maximum atomic E-state index is 13.9. The highest BCUT2D eigenvalue weighted by Crippen LogP contribution is 2.23. The van der Waals surface area contributed by atoms with Crippen LogP contribution in [0.3, 0.4) is 0 Å². The molecule has 0 saturated carbocycles. The van der Waals surface area contributed by atoms with Crippen LogP contribution in [-0.4, -0.2) is 58.2 Å². The van der Waals surface area contributed by atoms with Gasteiger partial charge in [0.2, 0.25) is 11.8 Å². The topological polar surface area (TPSA) is 75.6 Å². The number of aromatic nitrogens is 2. The van der Waals surface area contributed by atoms with Crippen LogP contribution in [0.15, 0.2) is 27.5 Å². The van der Waals surface area contributed by atoms with E-state index < -0.39 is 6.17 Å².